The van der Waals surface area contributed by atoms with Gasteiger partial charge >= 0.3 is 0 Å². The van der Waals surface area contributed by atoms with Gasteiger partial charge in [0.25, 0.3) is 5.91 Å². The number of likely N-dealkylation sites (N-methyl/N-ethyl adjacent to an activating group) is 1. The Bertz CT molecular complexity index is 1400. The van der Waals surface area contributed by atoms with Crippen LogP contribution < -0.4 is 10.5 Å². The van der Waals surface area contributed by atoms with Crippen LogP contribution in [0.1, 0.15) is 22.0 Å². The molecule has 0 saturated heterocycles. The molecule has 0 fully saturated rings. The zero-order chi connectivity index (χ0) is 23.6. The molecule has 4 N–H and O–H groups in total. The number of nitrogens with two attached hydrogens (primary N) is 1. The summed E-state index contributed by atoms with van der Waals surface area (Å²) < 4.78 is 23.5. The fourth-order valence-electron chi connectivity index (χ4n) is 3.72. The molecule has 33 heavy (non-hydrogen) atoms. The second kappa shape index (κ2) is 9.14. The predicted octanol–water partition coefficient (Wildman–Crippen LogP) is 2.91. The topological polar surface area (TPSA) is 121 Å². The third-order valence-corrected chi connectivity index (χ3v) is 6.23. The summed E-state index contributed by atoms with van der Waals surface area (Å²) in [5.41, 5.74) is 3.35. The zero-order valence-electron chi connectivity index (χ0n) is 18.3. The lowest BCUT2D eigenvalue weighted by atomic mass is 10.0. The van der Waals surface area contributed by atoms with Crippen molar-refractivity contribution in [1.82, 2.24) is 20.4 Å². The maximum Gasteiger partial charge on any atom is 0.251 e. The largest absolute Gasteiger partial charge is 0.344 e. The number of rotatable bonds is 7. The fourth-order valence-corrected chi connectivity index (χ4v) is 4.28. The molecule has 9 heteroatoms. The summed E-state index contributed by atoms with van der Waals surface area (Å²) in [5, 5.41) is 16.4. The van der Waals surface area contributed by atoms with Gasteiger partial charge in [0.15, 0.2) is 0 Å². The van der Waals surface area contributed by atoms with Crippen LogP contribution in [0, 0.1) is 0 Å². The van der Waals surface area contributed by atoms with Gasteiger partial charge in [-0.2, -0.15) is 5.10 Å². The van der Waals surface area contributed by atoms with E-state index in [-0.39, 0.29) is 16.8 Å². The van der Waals surface area contributed by atoms with Crippen LogP contribution >= 0.6 is 0 Å². The van der Waals surface area contributed by atoms with Crippen molar-refractivity contribution < 1.29 is 13.2 Å². The van der Waals surface area contributed by atoms with Gasteiger partial charge in [-0.15, -0.1) is 0 Å². The summed E-state index contributed by atoms with van der Waals surface area (Å²) >= 11 is 0. The number of H-pyrrole nitrogens is 1. The SMILES string of the molecule is CN(C)C[C@H](NC(=O)c1ccc2[nH]nc(-c3cccc(S(N)(=O)=O)c3)c2c1)c1ccccc1. The van der Waals surface area contributed by atoms with Gasteiger partial charge in [0.05, 0.1) is 22.1 Å². The van der Waals surface area contributed by atoms with Crippen molar-refractivity contribution in [2.24, 2.45) is 5.14 Å². The van der Waals surface area contributed by atoms with Crippen molar-refractivity contribution in [3.63, 3.8) is 0 Å². The van der Waals surface area contributed by atoms with Gasteiger partial charge in [0.1, 0.15) is 0 Å². The van der Waals surface area contributed by atoms with Crippen LogP contribution in [0.2, 0.25) is 0 Å². The number of sulfonamides is 1. The predicted molar refractivity (Wildman–Crippen MR) is 128 cm³/mol. The summed E-state index contributed by atoms with van der Waals surface area (Å²) in [4.78, 5) is 15.2. The monoisotopic (exact) mass is 463 g/mol. The van der Waals surface area contributed by atoms with Crippen molar-refractivity contribution in [2.75, 3.05) is 20.6 Å². The third kappa shape index (κ3) is 5.11. The number of aromatic amines is 1. The number of hydrogen-bond donors (Lipinski definition) is 3. The molecular weight excluding hydrogens is 438 g/mol. The molecule has 0 aliphatic heterocycles. The van der Waals surface area contributed by atoms with E-state index in [1.54, 1.807) is 30.3 Å². The Balaban J connectivity index is 1.67. The van der Waals surface area contributed by atoms with Gasteiger partial charge in [-0.3, -0.25) is 9.89 Å². The maximum absolute atomic E-state index is 13.2. The first-order valence-corrected chi connectivity index (χ1v) is 11.9. The normalized spacial score (nSPS) is 12.7. The summed E-state index contributed by atoms with van der Waals surface area (Å²) in [7, 11) is 0.0725. The van der Waals surface area contributed by atoms with Crippen molar-refractivity contribution in [3.05, 3.63) is 83.9 Å². The maximum atomic E-state index is 13.2. The minimum absolute atomic E-state index is 0.000522. The van der Waals surface area contributed by atoms with Crippen LogP contribution in [0.15, 0.2) is 77.7 Å². The third-order valence-electron chi connectivity index (χ3n) is 5.32. The van der Waals surface area contributed by atoms with Gasteiger partial charge in [0.2, 0.25) is 10.0 Å². The number of aromatic nitrogens is 2. The van der Waals surface area contributed by atoms with Crippen molar-refractivity contribution in [3.8, 4) is 11.3 Å². The van der Waals surface area contributed by atoms with Crippen molar-refractivity contribution in [1.29, 1.82) is 0 Å². The first-order valence-electron chi connectivity index (χ1n) is 10.3. The summed E-state index contributed by atoms with van der Waals surface area (Å²) in [6, 6.07) is 21.2. The highest BCUT2D eigenvalue weighted by Crippen LogP contribution is 2.28. The van der Waals surface area contributed by atoms with E-state index in [4.69, 9.17) is 5.14 Å². The van der Waals surface area contributed by atoms with Crippen LogP contribution in [-0.4, -0.2) is 50.1 Å². The number of carbonyl (C=O) groups excluding carboxylic acids is 1. The molecule has 1 heterocycles. The van der Waals surface area contributed by atoms with Crippen LogP contribution in [0.3, 0.4) is 0 Å². The van der Waals surface area contributed by atoms with Gasteiger partial charge in [0, 0.05) is 23.1 Å². The molecule has 4 aromatic rings. The molecule has 0 aliphatic rings. The number of nitrogens with one attached hydrogen (secondary N) is 2. The quantitative estimate of drug-likeness (QED) is 0.389. The van der Waals surface area contributed by atoms with E-state index < -0.39 is 10.0 Å². The molecule has 8 nitrogen and oxygen atoms in total. The van der Waals surface area contributed by atoms with E-state index in [0.29, 0.717) is 28.8 Å². The van der Waals surface area contributed by atoms with E-state index in [1.165, 1.54) is 12.1 Å². The van der Waals surface area contributed by atoms with Crippen LogP contribution in [0.4, 0.5) is 0 Å². The Morgan fingerprint density at radius 3 is 2.52 bits per heavy atom. The lowest BCUT2D eigenvalue weighted by Crippen LogP contribution is -2.35. The molecule has 170 valence electrons. The Kier molecular flexibility index (Phi) is 6.28. The number of hydrogen-bond acceptors (Lipinski definition) is 5. The van der Waals surface area contributed by atoms with Gasteiger partial charge in [-0.05, 0) is 50.0 Å². The molecule has 3 aromatic carbocycles. The second-order valence-electron chi connectivity index (χ2n) is 8.10. The molecule has 1 aromatic heterocycles. The smallest absolute Gasteiger partial charge is 0.251 e. The molecule has 0 unspecified atom stereocenters. The first-order chi connectivity index (χ1) is 15.7. The Hall–Kier alpha value is -3.53. The van der Waals surface area contributed by atoms with Gasteiger partial charge in [-0.25, -0.2) is 13.6 Å². The molecule has 4 rings (SSSR count). The molecule has 1 atom stereocenters. The molecular formula is C24H25N5O3S. The highest BCUT2D eigenvalue weighted by molar-refractivity contribution is 7.89. The molecule has 0 aliphatic carbocycles. The van der Waals surface area contributed by atoms with Crippen LogP contribution in [0.5, 0.6) is 0 Å². The number of nitrogens with zero attached hydrogens (tertiary/aromatic N) is 2. The fraction of sp³-hybridized carbons (Fsp3) is 0.167. The van der Waals surface area contributed by atoms with Crippen molar-refractivity contribution >= 4 is 26.8 Å². The Morgan fingerprint density at radius 1 is 1.06 bits per heavy atom. The van der Waals surface area contributed by atoms with E-state index in [2.05, 4.69) is 15.5 Å². The summed E-state index contributed by atoms with van der Waals surface area (Å²) in [5.74, 6) is -0.210. The average molecular weight is 464 g/mol. The minimum atomic E-state index is -3.85. The van der Waals surface area contributed by atoms with E-state index in [1.807, 2.05) is 49.3 Å². The lowest BCUT2D eigenvalue weighted by Gasteiger charge is -2.23. The van der Waals surface area contributed by atoms with E-state index in [0.717, 1.165) is 11.1 Å². The molecule has 0 saturated carbocycles. The number of fused-ring (bicyclic) bond motifs is 1. The van der Waals surface area contributed by atoms with Crippen molar-refractivity contribution in [2.45, 2.75) is 10.9 Å². The van der Waals surface area contributed by atoms with Gasteiger partial charge < -0.3 is 10.2 Å². The molecule has 0 radical (unpaired) electrons. The number of primary sulfonamides is 1. The summed E-state index contributed by atoms with van der Waals surface area (Å²) in [6.45, 7) is 0.648. The average Bonchev–Trinajstić information content (AvgIpc) is 3.22. The second-order valence-corrected chi connectivity index (χ2v) is 9.67. The summed E-state index contributed by atoms with van der Waals surface area (Å²) in [6.07, 6.45) is 0. The number of amides is 1. The van der Waals surface area contributed by atoms with E-state index >= 15 is 0 Å². The molecule has 0 bridgehead atoms. The molecule has 0 spiro atoms. The Labute approximate surface area is 192 Å². The van der Waals surface area contributed by atoms with Crippen LogP contribution in [0.25, 0.3) is 22.2 Å². The van der Waals surface area contributed by atoms with Crippen LogP contribution in [-0.2, 0) is 10.0 Å². The van der Waals surface area contributed by atoms with E-state index in [9.17, 15) is 13.2 Å². The Morgan fingerprint density at radius 2 is 1.82 bits per heavy atom. The number of benzene rings is 3. The number of carbonyl (C=O) groups is 1. The standard InChI is InChI=1S/C24H25N5O3S/c1-29(2)15-22(16-7-4-3-5-8-16)26-24(30)18-11-12-21-20(14-18)23(28-27-21)17-9-6-10-19(13-17)33(25,31)32/h3-14,22H,15H2,1-2H3,(H,26,30)(H,27,28)(H2,25,31,32)/t22-/m0/s1. The highest BCUT2D eigenvalue weighted by atomic mass is 32.2. The minimum Gasteiger partial charge on any atom is -0.344 e. The van der Waals surface area contributed by atoms with Gasteiger partial charge in [-0.1, -0.05) is 42.5 Å². The lowest BCUT2D eigenvalue weighted by molar-refractivity contribution is 0.0930. The first kappa shape index (κ1) is 22.7. The zero-order valence-corrected chi connectivity index (χ0v) is 19.1. The highest BCUT2D eigenvalue weighted by Gasteiger charge is 2.18. The molecule has 1 amide bonds.